The van der Waals surface area contributed by atoms with Gasteiger partial charge in [-0.1, -0.05) is 18.2 Å². The molecule has 0 fully saturated rings. The van der Waals surface area contributed by atoms with Crippen molar-refractivity contribution < 1.29 is 31.5 Å². The molecular weight excluding hydrogens is 444 g/mol. The fourth-order valence-electron chi connectivity index (χ4n) is 2.65. The molecule has 0 heterocycles. The van der Waals surface area contributed by atoms with E-state index in [4.69, 9.17) is 9.84 Å². The molecule has 0 radical (unpaired) electrons. The maximum atomic E-state index is 12.8. The van der Waals surface area contributed by atoms with Gasteiger partial charge in [0.25, 0.3) is 20.0 Å². The van der Waals surface area contributed by atoms with Crippen LogP contribution < -0.4 is 14.2 Å². The molecule has 3 rings (SSSR count). The fraction of sp³-hybridized carbons (Fsp3) is 0.0500. The van der Waals surface area contributed by atoms with Crippen LogP contribution in [-0.4, -0.2) is 35.0 Å². The molecule has 0 aromatic heterocycles. The zero-order valence-electron chi connectivity index (χ0n) is 16.1. The average Bonchev–Trinajstić information content (AvgIpc) is 2.74. The van der Waals surface area contributed by atoms with Gasteiger partial charge in [0.1, 0.15) is 5.75 Å². The third-order valence-corrected chi connectivity index (χ3v) is 6.92. The number of carbonyl (C=O) groups is 1. The zero-order valence-corrected chi connectivity index (χ0v) is 17.8. The number of benzene rings is 3. The van der Waals surface area contributed by atoms with Gasteiger partial charge in [-0.25, -0.2) is 21.6 Å². The number of anilines is 2. The van der Waals surface area contributed by atoms with Gasteiger partial charge >= 0.3 is 5.97 Å². The summed E-state index contributed by atoms with van der Waals surface area (Å²) < 4.78 is 60.5. The molecule has 0 saturated heterocycles. The highest BCUT2D eigenvalue weighted by Crippen LogP contribution is 2.27. The highest BCUT2D eigenvalue weighted by molar-refractivity contribution is 7.93. The minimum atomic E-state index is -4.07. The van der Waals surface area contributed by atoms with Crippen molar-refractivity contribution in [3.63, 3.8) is 0 Å². The predicted octanol–water partition coefficient (Wildman–Crippen LogP) is 3.00. The van der Waals surface area contributed by atoms with Crippen LogP contribution in [0.3, 0.4) is 0 Å². The van der Waals surface area contributed by atoms with Crippen molar-refractivity contribution in [2.24, 2.45) is 0 Å². The first kappa shape index (κ1) is 22.1. The van der Waals surface area contributed by atoms with E-state index < -0.39 is 26.0 Å². The topological polar surface area (TPSA) is 139 Å². The van der Waals surface area contributed by atoms with Crippen LogP contribution in [0.5, 0.6) is 5.75 Å². The highest BCUT2D eigenvalue weighted by atomic mass is 32.2. The number of aromatic carboxylic acids is 1. The highest BCUT2D eigenvalue weighted by Gasteiger charge is 2.19. The normalized spacial score (nSPS) is 11.5. The molecule has 0 aliphatic rings. The Labute approximate surface area is 179 Å². The van der Waals surface area contributed by atoms with E-state index in [1.165, 1.54) is 37.4 Å². The monoisotopic (exact) mass is 462 g/mol. The van der Waals surface area contributed by atoms with Gasteiger partial charge in [0.15, 0.2) is 0 Å². The molecule has 0 amide bonds. The van der Waals surface area contributed by atoms with Gasteiger partial charge in [-0.3, -0.25) is 9.44 Å². The third kappa shape index (κ3) is 5.13. The van der Waals surface area contributed by atoms with Crippen molar-refractivity contribution in [1.29, 1.82) is 0 Å². The second kappa shape index (κ2) is 8.66. The molecule has 0 spiro atoms. The second-order valence-electron chi connectivity index (χ2n) is 6.27. The number of sulfonamides is 2. The molecule has 0 unspecified atom stereocenters. The van der Waals surface area contributed by atoms with E-state index in [0.717, 1.165) is 24.3 Å². The Morgan fingerprint density at radius 1 is 0.806 bits per heavy atom. The number of methoxy groups -OCH3 is 1. The summed E-state index contributed by atoms with van der Waals surface area (Å²) in [5, 5.41) is 8.92. The lowest BCUT2D eigenvalue weighted by Crippen LogP contribution is -2.16. The lowest BCUT2D eigenvalue weighted by molar-refractivity contribution is 0.0696. The summed E-state index contributed by atoms with van der Waals surface area (Å²) in [7, 11) is -6.69. The van der Waals surface area contributed by atoms with E-state index in [9.17, 15) is 21.6 Å². The quantitative estimate of drug-likeness (QED) is 0.468. The Kier molecular flexibility index (Phi) is 6.18. The molecule has 11 heteroatoms. The smallest absolute Gasteiger partial charge is 0.335 e. The first-order valence-corrected chi connectivity index (χ1v) is 11.7. The van der Waals surface area contributed by atoms with Gasteiger partial charge in [-0.05, 0) is 54.6 Å². The van der Waals surface area contributed by atoms with Crippen molar-refractivity contribution in [2.45, 2.75) is 9.79 Å². The van der Waals surface area contributed by atoms with E-state index in [1.54, 1.807) is 18.2 Å². The van der Waals surface area contributed by atoms with Crippen LogP contribution >= 0.6 is 0 Å². The van der Waals surface area contributed by atoms with Crippen molar-refractivity contribution >= 4 is 37.4 Å². The number of nitrogens with one attached hydrogen (secondary N) is 2. The number of rotatable bonds is 8. The van der Waals surface area contributed by atoms with E-state index in [1.807, 2.05) is 0 Å². The predicted molar refractivity (Wildman–Crippen MR) is 114 cm³/mol. The number of hydrogen-bond donors (Lipinski definition) is 3. The van der Waals surface area contributed by atoms with E-state index >= 15 is 0 Å². The Morgan fingerprint density at radius 3 is 2.10 bits per heavy atom. The van der Waals surface area contributed by atoms with Crippen molar-refractivity contribution in [2.75, 3.05) is 16.6 Å². The standard InChI is InChI=1S/C20H18N2O7S2/c1-29-19-8-3-2-7-18(19)22-31(27,28)17-6-4-5-15(13-17)21-30(25,26)16-11-9-14(10-12-16)20(23)24/h2-13,21-22H,1H3,(H,23,24). The minimum absolute atomic E-state index is 0.0187. The van der Waals surface area contributed by atoms with Crippen LogP contribution in [0.2, 0.25) is 0 Å². The summed E-state index contributed by atoms with van der Waals surface area (Å²) in [5.41, 5.74) is 0.189. The molecule has 0 bridgehead atoms. The van der Waals surface area contributed by atoms with Crippen LogP contribution in [-0.2, 0) is 20.0 Å². The maximum Gasteiger partial charge on any atom is 0.335 e. The Morgan fingerprint density at radius 2 is 1.45 bits per heavy atom. The first-order chi connectivity index (χ1) is 14.6. The third-order valence-electron chi connectivity index (χ3n) is 4.16. The second-order valence-corrected chi connectivity index (χ2v) is 9.63. The zero-order chi connectivity index (χ0) is 22.6. The molecule has 31 heavy (non-hydrogen) atoms. The summed E-state index contributed by atoms with van der Waals surface area (Å²) >= 11 is 0. The van der Waals surface area contributed by atoms with Crippen LogP contribution in [0.1, 0.15) is 10.4 Å². The van der Waals surface area contributed by atoms with Crippen molar-refractivity contribution in [1.82, 2.24) is 0 Å². The SMILES string of the molecule is COc1ccccc1NS(=O)(=O)c1cccc(NS(=O)(=O)c2ccc(C(=O)O)cc2)c1. The number of carboxylic acids is 1. The van der Waals surface area contributed by atoms with Gasteiger partial charge in [0, 0.05) is 0 Å². The molecular formula is C20H18N2O7S2. The molecule has 0 aliphatic carbocycles. The number of hydrogen-bond acceptors (Lipinski definition) is 6. The van der Waals surface area contributed by atoms with Gasteiger partial charge in [-0.2, -0.15) is 0 Å². The van der Waals surface area contributed by atoms with E-state index in [2.05, 4.69) is 9.44 Å². The summed E-state index contributed by atoms with van der Waals surface area (Å²) in [5.74, 6) is -0.856. The summed E-state index contributed by atoms with van der Waals surface area (Å²) in [6, 6.07) is 16.3. The number of ether oxygens (including phenoxy) is 1. The van der Waals surface area contributed by atoms with E-state index in [0.29, 0.717) is 5.75 Å². The Hall–Kier alpha value is -3.57. The summed E-state index contributed by atoms with van der Waals surface area (Å²) in [4.78, 5) is 10.6. The average molecular weight is 463 g/mol. The molecule has 0 saturated carbocycles. The first-order valence-electron chi connectivity index (χ1n) is 8.74. The van der Waals surface area contributed by atoms with Gasteiger partial charge < -0.3 is 9.84 Å². The molecule has 3 aromatic rings. The summed E-state index contributed by atoms with van der Waals surface area (Å²) in [6.45, 7) is 0. The fourth-order valence-corrected chi connectivity index (χ4v) is 4.82. The Bertz CT molecular complexity index is 1320. The van der Waals surface area contributed by atoms with Crippen molar-refractivity contribution in [3.05, 3.63) is 78.4 Å². The largest absolute Gasteiger partial charge is 0.495 e. The van der Waals surface area contributed by atoms with Crippen LogP contribution in [0.4, 0.5) is 11.4 Å². The van der Waals surface area contributed by atoms with Crippen molar-refractivity contribution in [3.8, 4) is 5.75 Å². The molecule has 3 aromatic carbocycles. The maximum absolute atomic E-state index is 12.8. The Balaban J connectivity index is 1.86. The number of para-hydroxylation sites is 2. The molecule has 9 nitrogen and oxygen atoms in total. The van der Waals surface area contributed by atoms with E-state index in [-0.39, 0.29) is 26.7 Å². The number of carboxylic acid groups (broad SMARTS) is 1. The van der Waals surface area contributed by atoms with Crippen LogP contribution in [0.25, 0.3) is 0 Å². The van der Waals surface area contributed by atoms with Gasteiger partial charge in [-0.15, -0.1) is 0 Å². The van der Waals surface area contributed by atoms with Crippen LogP contribution in [0.15, 0.2) is 82.6 Å². The molecule has 0 aliphatic heterocycles. The lowest BCUT2D eigenvalue weighted by Gasteiger charge is -2.13. The summed E-state index contributed by atoms with van der Waals surface area (Å²) in [6.07, 6.45) is 0. The molecule has 0 atom stereocenters. The molecule has 162 valence electrons. The molecule has 3 N–H and O–H groups in total. The minimum Gasteiger partial charge on any atom is -0.495 e. The lowest BCUT2D eigenvalue weighted by atomic mass is 10.2. The van der Waals surface area contributed by atoms with Crippen LogP contribution in [0, 0.1) is 0 Å². The van der Waals surface area contributed by atoms with Gasteiger partial charge in [0.05, 0.1) is 33.8 Å². The van der Waals surface area contributed by atoms with Gasteiger partial charge in [0.2, 0.25) is 0 Å².